The van der Waals surface area contributed by atoms with Gasteiger partial charge < -0.3 is 10.1 Å². The van der Waals surface area contributed by atoms with E-state index in [4.69, 9.17) is 4.74 Å². The van der Waals surface area contributed by atoms with Crippen LogP contribution < -0.4 is 5.32 Å². The van der Waals surface area contributed by atoms with Gasteiger partial charge in [-0.05, 0) is 45.6 Å². The van der Waals surface area contributed by atoms with Gasteiger partial charge in [0.2, 0.25) is 15.9 Å². The number of carbonyl (C=O) groups is 1. The molecule has 0 spiro atoms. The van der Waals surface area contributed by atoms with E-state index in [1.165, 1.54) is 4.31 Å². The van der Waals surface area contributed by atoms with E-state index in [-0.39, 0.29) is 17.8 Å². The molecule has 1 aliphatic rings. The SMILES string of the molecule is CCS(=O)(=O)N1CCC(C(=O)NCCCOC(C)C)(c2ccccc2)CC1. The molecule has 0 atom stereocenters. The second kappa shape index (κ2) is 9.66. The fourth-order valence-corrected chi connectivity index (χ4v) is 4.60. The molecule has 152 valence electrons. The van der Waals surface area contributed by atoms with Crippen LogP contribution in [0.3, 0.4) is 0 Å². The van der Waals surface area contributed by atoms with Gasteiger partial charge in [0, 0.05) is 26.2 Å². The highest BCUT2D eigenvalue weighted by Gasteiger charge is 2.44. The second-order valence-electron chi connectivity index (χ2n) is 7.28. The third-order valence-electron chi connectivity index (χ3n) is 5.15. The average Bonchev–Trinajstić information content (AvgIpc) is 2.68. The molecule has 1 N–H and O–H groups in total. The summed E-state index contributed by atoms with van der Waals surface area (Å²) in [6, 6.07) is 9.71. The predicted molar refractivity (Wildman–Crippen MR) is 107 cm³/mol. The van der Waals surface area contributed by atoms with Crippen molar-refractivity contribution < 1.29 is 17.9 Å². The summed E-state index contributed by atoms with van der Waals surface area (Å²) in [5.74, 6) is 0.0692. The van der Waals surface area contributed by atoms with Crippen molar-refractivity contribution in [2.75, 3.05) is 32.0 Å². The molecule has 1 amide bonds. The molecule has 6 nitrogen and oxygen atoms in total. The number of hydrogen-bond donors (Lipinski definition) is 1. The minimum Gasteiger partial charge on any atom is -0.379 e. The highest BCUT2D eigenvalue weighted by Crippen LogP contribution is 2.36. The summed E-state index contributed by atoms with van der Waals surface area (Å²) in [4.78, 5) is 13.1. The normalized spacial score (nSPS) is 17.8. The van der Waals surface area contributed by atoms with Crippen molar-refractivity contribution in [2.24, 2.45) is 0 Å². The zero-order valence-electron chi connectivity index (χ0n) is 16.6. The minimum atomic E-state index is -3.23. The molecule has 1 aromatic rings. The highest BCUT2D eigenvalue weighted by atomic mass is 32.2. The zero-order chi connectivity index (χ0) is 19.9. The standard InChI is InChI=1S/C20H32N2O4S/c1-4-27(24,25)22-14-11-20(12-15-22,18-9-6-5-7-10-18)19(23)21-13-8-16-26-17(2)3/h5-7,9-10,17H,4,8,11-16H2,1-3H3,(H,21,23). The quantitative estimate of drug-likeness (QED) is 0.650. The summed E-state index contributed by atoms with van der Waals surface area (Å²) in [6.45, 7) is 7.53. The van der Waals surface area contributed by atoms with Gasteiger partial charge in [0.1, 0.15) is 0 Å². The fourth-order valence-electron chi connectivity index (χ4n) is 3.50. The number of sulfonamides is 1. The third kappa shape index (κ3) is 5.53. The molecule has 0 saturated carbocycles. The molecule has 27 heavy (non-hydrogen) atoms. The Hall–Kier alpha value is -1.44. The Morgan fingerprint density at radius 3 is 2.41 bits per heavy atom. The number of piperidine rings is 1. The smallest absolute Gasteiger partial charge is 0.230 e. The Balaban J connectivity index is 2.08. The van der Waals surface area contributed by atoms with Crippen molar-refractivity contribution in [2.45, 2.75) is 51.6 Å². The number of nitrogens with one attached hydrogen (secondary N) is 1. The number of rotatable bonds is 9. The zero-order valence-corrected chi connectivity index (χ0v) is 17.4. The molecule has 0 aromatic heterocycles. The Morgan fingerprint density at radius 1 is 1.22 bits per heavy atom. The van der Waals surface area contributed by atoms with Gasteiger partial charge >= 0.3 is 0 Å². The van der Waals surface area contributed by atoms with Gasteiger partial charge in [0.15, 0.2) is 0 Å². The molecular formula is C20H32N2O4S. The van der Waals surface area contributed by atoms with Crippen molar-refractivity contribution >= 4 is 15.9 Å². The van der Waals surface area contributed by atoms with E-state index in [9.17, 15) is 13.2 Å². The van der Waals surface area contributed by atoms with Crippen LogP contribution in [0.1, 0.15) is 45.6 Å². The molecule has 0 unspecified atom stereocenters. The van der Waals surface area contributed by atoms with Crippen molar-refractivity contribution in [3.8, 4) is 0 Å². The summed E-state index contributed by atoms with van der Waals surface area (Å²) in [5, 5.41) is 3.05. The van der Waals surface area contributed by atoms with Crippen LogP contribution >= 0.6 is 0 Å². The van der Waals surface area contributed by atoms with Crippen LogP contribution in [0.5, 0.6) is 0 Å². The Morgan fingerprint density at radius 2 is 1.85 bits per heavy atom. The van der Waals surface area contributed by atoms with E-state index < -0.39 is 15.4 Å². The number of nitrogens with zero attached hydrogens (tertiary/aromatic N) is 1. The van der Waals surface area contributed by atoms with E-state index in [2.05, 4.69) is 5.32 Å². The van der Waals surface area contributed by atoms with E-state index in [0.29, 0.717) is 39.1 Å². The monoisotopic (exact) mass is 396 g/mol. The largest absolute Gasteiger partial charge is 0.379 e. The van der Waals surface area contributed by atoms with Crippen LogP contribution in [0.25, 0.3) is 0 Å². The van der Waals surface area contributed by atoms with E-state index in [1.54, 1.807) is 6.92 Å². The number of amides is 1. The predicted octanol–water partition coefficient (Wildman–Crippen LogP) is 2.30. The van der Waals surface area contributed by atoms with Crippen molar-refractivity contribution in [3.05, 3.63) is 35.9 Å². The molecule has 1 heterocycles. The fraction of sp³-hybridized carbons (Fsp3) is 0.650. The van der Waals surface area contributed by atoms with E-state index in [1.807, 2.05) is 44.2 Å². The highest BCUT2D eigenvalue weighted by molar-refractivity contribution is 7.89. The van der Waals surface area contributed by atoms with Gasteiger partial charge in [-0.25, -0.2) is 12.7 Å². The maximum atomic E-state index is 13.1. The van der Waals surface area contributed by atoms with Gasteiger partial charge in [-0.15, -0.1) is 0 Å². The first-order valence-electron chi connectivity index (χ1n) is 9.75. The van der Waals surface area contributed by atoms with Gasteiger partial charge in [-0.2, -0.15) is 0 Å². The lowest BCUT2D eigenvalue weighted by atomic mass is 9.72. The summed E-state index contributed by atoms with van der Waals surface area (Å²) in [5.41, 5.74) is 0.273. The first-order chi connectivity index (χ1) is 12.8. The molecule has 0 bridgehead atoms. The van der Waals surface area contributed by atoms with Gasteiger partial charge in [-0.3, -0.25) is 4.79 Å². The van der Waals surface area contributed by atoms with E-state index in [0.717, 1.165) is 12.0 Å². The molecule has 0 aliphatic carbocycles. The van der Waals surface area contributed by atoms with Crippen molar-refractivity contribution in [3.63, 3.8) is 0 Å². The average molecular weight is 397 g/mol. The molecule has 0 radical (unpaired) electrons. The lowest BCUT2D eigenvalue weighted by Crippen LogP contribution is -2.53. The van der Waals surface area contributed by atoms with Crippen LogP contribution in [0.4, 0.5) is 0 Å². The molecular weight excluding hydrogens is 364 g/mol. The second-order valence-corrected chi connectivity index (χ2v) is 9.53. The van der Waals surface area contributed by atoms with Gasteiger partial charge in [0.25, 0.3) is 0 Å². The summed E-state index contributed by atoms with van der Waals surface area (Å²) < 4.78 is 31.4. The van der Waals surface area contributed by atoms with Crippen LogP contribution in [0.15, 0.2) is 30.3 Å². The van der Waals surface area contributed by atoms with Crippen molar-refractivity contribution in [1.29, 1.82) is 0 Å². The summed E-state index contributed by atoms with van der Waals surface area (Å²) >= 11 is 0. The first kappa shape index (κ1) is 21.9. The van der Waals surface area contributed by atoms with Crippen molar-refractivity contribution in [1.82, 2.24) is 9.62 Å². The molecule has 7 heteroatoms. The lowest BCUT2D eigenvalue weighted by molar-refractivity contribution is -0.128. The van der Waals surface area contributed by atoms with Crippen LogP contribution in [0, 0.1) is 0 Å². The summed E-state index contributed by atoms with van der Waals surface area (Å²) in [6.07, 6.45) is 1.92. The Labute approximate surface area is 163 Å². The van der Waals surface area contributed by atoms with Gasteiger partial charge in [-0.1, -0.05) is 30.3 Å². The minimum absolute atomic E-state index is 0.0215. The Bertz CT molecular complexity index is 696. The number of hydrogen-bond acceptors (Lipinski definition) is 4. The van der Waals surface area contributed by atoms with E-state index >= 15 is 0 Å². The summed E-state index contributed by atoms with van der Waals surface area (Å²) in [7, 11) is -3.23. The number of benzene rings is 1. The molecule has 2 rings (SSSR count). The molecule has 1 aromatic carbocycles. The number of carbonyl (C=O) groups excluding carboxylic acids is 1. The first-order valence-corrected chi connectivity index (χ1v) is 11.4. The number of ether oxygens (including phenoxy) is 1. The molecule has 1 aliphatic heterocycles. The van der Waals surface area contributed by atoms with Crippen LogP contribution in [-0.2, 0) is 25.0 Å². The van der Waals surface area contributed by atoms with Crippen LogP contribution in [0.2, 0.25) is 0 Å². The maximum absolute atomic E-state index is 13.1. The molecule has 1 saturated heterocycles. The topological polar surface area (TPSA) is 75.7 Å². The lowest BCUT2D eigenvalue weighted by Gasteiger charge is -2.40. The van der Waals surface area contributed by atoms with Gasteiger partial charge in [0.05, 0.1) is 17.3 Å². The maximum Gasteiger partial charge on any atom is 0.230 e. The Kier molecular flexibility index (Phi) is 7.82. The third-order valence-corrected chi connectivity index (χ3v) is 7.03. The molecule has 1 fully saturated rings. The van der Waals surface area contributed by atoms with Crippen LogP contribution in [-0.4, -0.2) is 56.7 Å².